The lowest BCUT2D eigenvalue weighted by Crippen LogP contribution is -1.87. The second kappa shape index (κ2) is 7.22. The summed E-state index contributed by atoms with van der Waals surface area (Å²) in [6, 6.07) is 31.1. The lowest BCUT2D eigenvalue weighted by atomic mass is 9.90. The summed E-state index contributed by atoms with van der Waals surface area (Å²) in [7, 11) is 0. The van der Waals surface area contributed by atoms with Gasteiger partial charge in [-0.15, -0.1) is 22.7 Å². The first kappa shape index (κ1) is 21.4. The molecule has 0 bridgehead atoms. The van der Waals surface area contributed by atoms with Gasteiger partial charge in [0.25, 0.3) is 0 Å². The molecule has 0 atom stereocenters. The Hall–Kier alpha value is -4.38. The van der Waals surface area contributed by atoms with E-state index < -0.39 is 0 Å². The third kappa shape index (κ3) is 2.59. The number of rotatable bonds is 0. The fraction of sp³-hybridized carbons (Fsp3) is 0.0556. The molecule has 40 heavy (non-hydrogen) atoms. The minimum absolute atomic E-state index is 0.940. The number of thiophene rings is 2. The first-order chi connectivity index (χ1) is 19.6. The molecule has 0 aliphatic carbocycles. The van der Waals surface area contributed by atoms with Crippen LogP contribution >= 0.6 is 22.7 Å². The lowest BCUT2D eigenvalue weighted by Gasteiger charge is -2.13. The summed E-state index contributed by atoms with van der Waals surface area (Å²) in [4.78, 5) is 0. The molecule has 0 aliphatic rings. The summed E-state index contributed by atoms with van der Waals surface area (Å²) in [5, 5.41) is 12.3. The van der Waals surface area contributed by atoms with Gasteiger partial charge in [0.1, 0.15) is 11.2 Å². The lowest BCUT2D eigenvalue weighted by molar-refractivity contribution is 0.673. The first-order valence-corrected chi connectivity index (χ1v) is 15.1. The minimum atomic E-state index is 0.940. The highest BCUT2D eigenvalue weighted by Crippen LogP contribution is 2.47. The number of aryl methyl sites for hydroxylation is 2. The van der Waals surface area contributed by atoms with Crippen molar-refractivity contribution in [2.24, 2.45) is 0 Å². The Balaban J connectivity index is 1.42. The zero-order chi connectivity index (χ0) is 26.3. The summed E-state index contributed by atoms with van der Waals surface area (Å²) in [6.45, 7) is 4.43. The highest BCUT2D eigenvalue weighted by atomic mass is 32.1. The maximum Gasteiger partial charge on any atom is 0.154 e. The number of hydrogen-bond donors (Lipinski definition) is 0. The normalized spacial score (nSPS) is 12.8. The number of furan rings is 2. The fourth-order valence-electron chi connectivity index (χ4n) is 6.66. The Labute approximate surface area is 235 Å². The van der Waals surface area contributed by atoms with Crippen molar-refractivity contribution in [3.63, 3.8) is 0 Å². The van der Waals surface area contributed by atoms with Crippen LogP contribution in [-0.2, 0) is 0 Å². The maximum atomic E-state index is 6.58. The Bertz CT molecular complexity index is 2540. The molecule has 4 heterocycles. The molecule has 0 radical (unpaired) electrons. The average molecular weight is 549 g/mol. The standard InChI is InChI=1S/C36H20O2S2/c1-17-11-21-22(12-18(17)2)24-14-28-30(38-34-20-8-4-6-10-32(20)40-36(28)34)16-26(24)25-15-29-27(13-23(21)25)35-33(37-29)19-7-3-5-9-31(19)39-35/h3-16H,1-2H3. The summed E-state index contributed by atoms with van der Waals surface area (Å²) >= 11 is 3.64. The molecule has 10 aromatic rings. The van der Waals surface area contributed by atoms with Gasteiger partial charge in [-0.1, -0.05) is 36.4 Å². The van der Waals surface area contributed by atoms with E-state index in [0.717, 1.165) is 22.3 Å². The largest absolute Gasteiger partial charge is 0.454 e. The van der Waals surface area contributed by atoms with Crippen LogP contribution in [0.5, 0.6) is 0 Å². The zero-order valence-electron chi connectivity index (χ0n) is 21.7. The molecule has 0 saturated heterocycles. The van der Waals surface area contributed by atoms with Gasteiger partial charge >= 0.3 is 0 Å². The molecule has 4 aromatic heterocycles. The van der Waals surface area contributed by atoms with Crippen molar-refractivity contribution in [2.75, 3.05) is 0 Å². The van der Waals surface area contributed by atoms with Gasteiger partial charge in [-0.05, 0) is 106 Å². The Morgan fingerprint density at radius 2 is 0.825 bits per heavy atom. The SMILES string of the molecule is Cc1cc2c(cc1C)c1cc3c(cc1c1cc4oc5c6ccccc6sc5c4cc21)oc1c2ccccc2sc31. The van der Waals surface area contributed by atoms with E-state index in [0.29, 0.717) is 0 Å². The van der Waals surface area contributed by atoms with Crippen molar-refractivity contribution in [1.29, 1.82) is 0 Å². The molecule has 0 aliphatic heterocycles. The Morgan fingerprint density at radius 1 is 0.425 bits per heavy atom. The second-order valence-electron chi connectivity index (χ2n) is 11.0. The number of benzene rings is 6. The molecule has 0 amide bonds. The molecule has 0 fully saturated rings. The van der Waals surface area contributed by atoms with E-state index in [2.05, 4.69) is 98.8 Å². The third-order valence-corrected chi connectivity index (χ3v) is 11.1. The van der Waals surface area contributed by atoms with E-state index in [1.165, 1.54) is 83.8 Å². The topological polar surface area (TPSA) is 26.3 Å². The second-order valence-corrected chi connectivity index (χ2v) is 13.1. The van der Waals surface area contributed by atoms with Gasteiger partial charge in [0.15, 0.2) is 11.2 Å². The van der Waals surface area contributed by atoms with E-state index in [1.807, 2.05) is 22.7 Å². The van der Waals surface area contributed by atoms with E-state index in [9.17, 15) is 0 Å². The van der Waals surface area contributed by atoms with Crippen molar-refractivity contribution in [3.05, 3.63) is 96.1 Å². The summed E-state index contributed by atoms with van der Waals surface area (Å²) in [5.74, 6) is 0. The highest BCUT2D eigenvalue weighted by Gasteiger charge is 2.20. The highest BCUT2D eigenvalue weighted by molar-refractivity contribution is 7.27. The van der Waals surface area contributed by atoms with Gasteiger partial charge in [-0.25, -0.2) is 0 Å². The molecule has 4 heteroatoms. The molecule has 0 spiro atoms. The summed E-state index contributed by atoms with van der Waals surface area (Å²) in [6.07, 6.45) is 0. The van der Waals surface area contributed by atoms with E-state index in [-0.39, 0.29) is 0 Å². The molecular weight excluding hydrogens is 529 g/mol. The first-order valence-electron chi connectivity index (χ1n) is 13.5. The van der Waals surface area contributed by atoms with Gasteiger partial charge in [-0.2, -0.15) is 0 Å². The Kier molecular flexibility index (Phi) is 3.87. The number of hydrogen-bond acceptors (Lipinski definition) is 4. The van der Waals surface area contributed by atoms with E-state index >= 15 is 0 Å². The van der Waals surface area contributed by atoms with Crippen LogP contribution in [0.25, 0.3) is 95.0 Å². The van der Waals surface area contributed by atoms with Crippen molar-refractivity contribution >= 4 is 118 Å². The summed E-state index contributed by atoms with van der Waals surface area (Å²) < 4.78 is 18.1. The van der Waals surface area contributed by atoms with Gasteiger partial charge in [-0.3, -0.25) is 0 Å². The smallest absolute Gasteiger partial charge is 0.154 e. The van der Waals surface area contributed by atoms with Crippen LogP contribution in [0.3, 0.4) is 0 Å². The minimum Gasteiger partial charge on any atom is -0.454 e. The molecule has 6 aromatic carbocycles. The van der Waals surface area contributed by atoms with E-state index in [1.54, 1.807) is 0 Å². The monoisotopic (exact) mass is 548 g/mol. The van der Waals surface area contributed by atoms with Crippen LogP contribution in [0.4, 0.5) is 0 Å². The average Bonchev–Trinajstić information content (AvgIpc) is 3.70. The van der Waals surface area contributed by atoms with Gasteiger partial charge in [0.05, 0.1) is 9.40 Å². The molecule has 0 unspecified atom stereocenters. The quantitative estimate of drug-likeness (QED) is 0.176. The molecule has 10 rings (SSSR count). The van der Waals surface area contributed by atoms with Crippen LogP contribution in [-0.4, -0.2) is 0 Å². The van der Waals surface area contributed by atoms with Crippen molar-refractivity contribution in [3.8, 4) is 0 Å². The van der Waals surface area contributed by atoms with Crippen LogP contribution in [0, 0.1) is 13.8 Å². The predicted molar refractivity (Wildman–Crippen MR) is 174 cm³/mol. The molecule has 0 N–H and O–H groups in total. The van der Waals surface area contributed by atoms with Gasteiger partial charge < -0.3 is 8.83 Å². The van der Waals surface area contributed by atoms with E-state index in [4.69, 9.17) is 8.83 Å². The molecule has 0 saturated carbocycles. The zero-order valence-corrected chi connectivity index (χ0v) is 23.3. The van der Waals surface area contributed by atoms with Crippen LogP contribution in [0.15, 0.2) is 93.8 Å². The molecule has 188 valence electrons. The van der Waals surface area contributed by atoms with Crippen molar-refractivity contribution < 1.29 is 8.83 Å². The fourth-order valence-corrected chi connectivity index (χ4v) is 8.96. The van der Waals surface area contributed by atoms with Crippen molar-refractivity contribution in [2.45, 2.75) is 13.8 Å². The number of fused-ring (bicyclic) bond motifs is 16. The van der Waals surface area contributed by atoms with Crippen LogP contribution in [0.1, 0.15) is 11.1 Å². The predicted octanol–water partition coefficient (Wildman–Crippen LogP) is 12.0. The van der Waals surface area contributed by atoms with Crippen LogP contribution < -0.4 is 0 Å². The van der Waals surface area contributed by atoms with Gasteiger partial charge in [0.2, 0.25) is 0 Å². The molecule has 2 nitrogen and oxygen atoms in total. The van der Waals surface area contributed by atoms with Gasteiger partial charge in [0, 0.05) is 30.9 Å². The Morgan fingerprint density at radius 3 is 1.30 bits per heavy atom. The maximum absolute atomic E-state index is 6.58. The van der Waals surface area contributed by atoms with Crippen molar-refractivity contribution in [1.82, 2.24) is 0 Å². The summed E-state index contributed by atoms with van der Waals surface area (Å²) in [5.41, 5.74) is 6.48. The molecular formula is C36H20O2S2. The third-order valence-electron chi connectivity index (χ3n) is 8.76. The van der Waals surface area contributed by atoms with Crippen LogP contribution in [0.2, 0.25) is 0 Å².